The summed E-state index contributed by atoms with van der Waals surface area (Å²) in [4.78, 5) is 35.0. The van der Waals surface area contributed by atoms with Gasteiger partial charge in [-0.1, -0.05) is 77.9 Å². The van der Waals surface area contributed by atoms with Crippen LogP contribution in [-0.2, 0) is 10.4 Å². The van der Waals surface area contributed by atoms with Gasteiger partial charge in [0, 0.05) is 19.3 Å². The number of rotatable bonds is 6. The van der Waals surface area contributed by atoms with Crippen LogP contribution in [0.5, 0.6) is 0 Å². The minimum absolute atomic E-state index is 0.378. The summed E-state index contributed by atoms with van der Waals surface area (Å²) in [6.07, 6.45) is 4.89. The third-order valence-corrected chi connectivity index (χ3v) is 7.37. The van der Waals surface area contributed by atoms with Crippen molar-refractivity contribution in [2.75, 3.05) is 23.0 Å². The van der Waals surface area contributed by atoms with Crippen molar-refractivity contribution in [2.45, 2.75) is 38.7 Å². The number of aliphatic hydroxyl groups is 1. The molecule has 0 bridgehead atoms. The number of hydrogen-bond acceptors (Lipinski definition) is 5. The Balaban J connectivity index is 1.56. The minimum Gasteiger partial charge on any atom is -0.372 e. The number of carbonyl (C=O) groups is 2. The van der Waals surface area contributed by atoms with Crippen molar-refractivity contribution >= 4 is 23.3 Å². The van der Waals surface area contributed by atoms with E-state index >= 15 is 0 Å². The van der Waals surface area contributed by atoms with Gasteiger partial charge in [0.05, 0.1) is 11.3 Å². The molecule has 0 aliphatic carbocycles. The highest BCUT2D eigenvalue weighted by Gasteiger charge is 2.42. The number of amides is 2. The topological polar surface area (TPSA) is 85.8 Å². The zero-order chi connectivity index (χ0) is 28.1. The number of hydrogen-bond donors (Lipinski definition) is 2. The molecule has 1 saturated heterocycles. The molecule has 5 rings (SSSR count). The van der Waals surface area contributed by atoms with Crippen molar-refractivity contribution in [3.63, 3.8) is 0 Å². The summed E-state index contributed by atoms with van der Waals surface area (Å²) in [5.74, 6) is -0.598. The van der Waals surface area contributed by atoms with E-state index in [2.05, 4.69) is 15.3 Å². The van der Waals surface area contributed by atoms with Crippen LogP contribution < -0.4 is 15.3 Å². The number of benzene rings is 3. The van der Waals surface area contributed by atoms with Gasteiger partial charge in [0.25, 0.3) is 11.8 Å². The summed E-state index contributed by atoms with van der Waals surface area (Å²) in [6.45, 7) is 5.52. The quantitative estimate of drug-likeness (QED) is 0.328. The van der Waals surface area contributed by atoms with Crippen LogP contribution in [0.15, 0.2) is 97.2 Å². The van der Waals surface area contributed by atoms with Crippen LogP contribution in [0.1, 0.15) is 51.9 Å². The molecule has 7 heteroatoms. The molecule has 3 aromatic carbocycles. The fourth-order valence-electron chi connectivity index (χ4n) is 5.05. The largest absolute Gasteiger partial charge is 0.372 e. The summed E-state index contributed by atoms with van der Waals surface area (Å²) >= 11 is 0. The Morgan fingerprint density at radius 1 is 0.800 bits per heavy atom. The molecule has 0 saturated carbocycles. The number of pyridine rings is 1. The zero-order valence-electron chi connectivity index (χ0n) is 22.9. The maximum Gasteiger partial charge on any atom is 0.280 e. The second-order valence-corrected chi connectivity index (χ2v) is 10.3. The number of anilines is 2. The van der Waals surface area contributed by atoms with Crippen molar-refractivity contribution in [2.24, 2.45) is 0 Å². The first-order chi connectivity index (χ1) is 19.4. The Morgan fingerprint density at radius 3 is 1.95 bits per heavy atom. The Bertz CT molecular complexity index is 1420. The minimum atomic E-state index is -2.06. The smallest absolute Gasteiger partial charge is 0.280 e. The number of carbonyl (C=O) groups excluding carboxylic acids is 2. The number of nitrogens with one attached hydrogen (secondary N) is 1. The van der Waals surface area contributed by atoms with Gasteiger partial charge < -0.3 is 10.0 Å². The van der Waals surface area contributed by atoms with Crippen molar-refractivity contribution < 1.29 is 14.7 Å². The first-order valence-electron chi connectivity index (χ1n) is 13.6. The van der Waals surface area contributed by atoms with Gasteiger partial charge >= 0.3 is 0 Å². The Kier molecular flexibility index (Phi) is 7.94. The molecular formula is C33H34N4O3. The zero-order valence-corrected chi connectivity index (χ0v) is 22.9. The molecule has 0 radical (unpaired) electrons. The van der Waals surface area contributed by atoms with Crippen molar-refractivity contribution in [1.29, 1.82) is 0 Å². The molecule has 2 heterocycles. The molecule has 4 aromatic rings. The molecule has 1 aliphatic rings. The van der Waals surface area contributed by atoms with E-state index in [1.807, 2.05) is 44.2 Å². The molecule has 1 aromatic heterocycles. The number of para-hydroxylation sites is 1. The predicted molar refractivity (Wildman–Crippen MR) is 157 cm³/mol. The average molecular weight is 535 g/mol. The molecule has 40 heavy (non-hydrogen) atoms. The third-order valence-electron chi connectivity index (χ3n) is 7.37. The lowest BCUT2D eigenvalue weighted by Gasteiger charge is -2.33. The summed E-state index contributed by atoms with van der Waals surface area (Å²) in [7, 11) is 0. The van der Waals surface area contributed by atoms with E-state index in [1.165, 1.54) is 5.01 Å². The predicted octanol–water partition coefficient (Wildman–Crippen LogP) is 5.30. The highest BCUT2D eigenvalue weighted by molar-refractivity contribution is 6.10. The SMILES string of the molecule is Cc1ccc(C(O)(C(=O)NN(C(=O)c2cccnc2N2CCCCC2)c2ccccc2)c2ccc(C)cc2)cc1. The maximum atomic E-state index is 14.2. The van der Waals surface area contributed by atoms with Crippen molar-refractivity contribution in [3.05, 3.63) is 125 Å². The van der Waals surface area contributed by atoms with Crippen molar-refractivity contribution in [3.8, 4) is 0 Å². The molecule has 2 N–H and O–H groups in total. The third kappa shape index (κ3) is 5.46. The molecule has 1 aliphatic heterocycles. The van der Waals surface area contributed by atoms with Gasteiger partial charge in [0.2, 0.25) is 0 Å². The molecule has 0 atom stereocenters. The van der Waals surface area contributed by atoms with Gasteiger partial charge in [-0.15, -0.1) is 0 Å². The fourth-order valence-corrected chi connectivity index (χ4v) is 5.05. The number of aryl methyl sites for hydroxylation is 2. The van der Waals surface area contributed by atoms with Gasteiger partial charge in [0.1, 0.15) is 5.82 Å². The summed E-state index contributed by atoms with van der Waals surface area (Å²) in [6, 6.07) is 26.7. The lowest BCUT2D eigenvalue weighted by atomic mass is 9.85. The summed E-state index contributed by atoms with van der Waals surface area (Å²) in [5, 5.41) is 13.3. The van der Waals surface area contributed by atoms with Crippen LogP contribution in [0.4, 0.5) is 11.5 Å². The van der Waals surface area contributed by atoms with Gasteiger partial charge in [-0.2, -0.15) is 0 Å². The molecule has 0 unspecified atom stereocenters. The maximum absolute atomic E-state index is 14.2. The van der Waals surface area contributed by atoms with Gasteiger partial charge in [0.15, 0.2) is 5.60 Å². The monoisotopic (exact) mass is 534 g/mol. The second-order valence-electron chi connectivity index (χ2n) is 10.3. The molecular weight excluding hydrogens is 500 g/mol. The van der Waals surface area contributed by atoms with Crippen LogP contribution in [0, 0.1) is 13.8 Å². The van der Waals surface area contributed by atoms with Gasteiger partial charge in [-0.25, -0.2) is 9.99 Å². The van der Waals surface area contributed by atoms with Crippen LogP contribution in [0.25, 0.3) is 0 Å². The molecule has 2 amide bonds. The van der Waals surface area contributed by atoms with E-state index in [0.717, 1.165) is 43.5 Å². The van der Waals surface area contributed by atoms with Crippen LogP contribution in [0.3, 0.4) is 0 Å². The number of aromatic nitrogens is 1. The van der Waals surface area contributed by atoms with Crippen LogP contribution in [-0.4, -0.2) is 35.0 Å². The normalized spacial score (nSPS) is 13.5. The van der Waals surface area contributed by atoms with Gasteiger partial charge in [-0.05, 0) is 68.5 Å². The average Bonchev–Trinajstić information content (AvgIpc) is 3.00. The summed E-state index contributed by atoms with van der Waals surface area (Å²) < 4.78 is 0. The summed E-state index contributed by atoms with van der Waals surface area (Å²) in [5.41, 5.74) is 4.35. The molecule has 1 fully saturated rings. The lowest BCUT2D eigenvalue weighted by molar-refractivity contribution is -0.136. The van der Waals surface area contributed by atoms with E-state index in [-0.39, 0.29) is 0 Å². The van der Waals surface area contributed by atoms with E-state index in [9.17, 15) is 14.7 Å². The highest BCUT2D eigenvalue weighted by Crippen LogP contribution is 2.32. The molecule has 0 spiro atoms. The first kappa shape index (κ1) is 27.1. The standard InChI is InChI=1S/C33H34N4O3/c1-24-13-17-26(18-14-24)33(40,27-19-15-25(2)16-20-27)32(39)35-37(28-10-5-3-6-11-28)31(38)29-12-9-21-34-30(29)36-22-7-4-8-23-36/h3,5-6,9-21,40H,4,7-8,22-23H2,1-2H3,(H,35,39). The van der Waals surface area contributed by atoms with E-state index in [4.69, 9.17) is 0 Å². The first-order valence-corrected chi connectivity index (χ1v) is 13.6. The molecule has 204 valence electrons. The van der Waals surface area contributed by atoms with E-state index in [1.54, 1.807) is 66.9 Å². The Hall–Kier alpha value is -4.49. The number of piperidine rings is 1. The van der Waals surface area contributed by atoms with E-state index in [0.29, 0.717) is 28.2 Å². The van der Waals surface area contributed by atoms with Crippen LogP contribution in [0.2, 0.25) is 0 Å². The second kappa shape index (κ2) is 11.7. The molecule has 7 nitrogen and oxygen atoms in total. The van der Waals surface area contributed by atoms with Gasteiger partial charge in [-0.3, -0.25) is 15.0 Å². The highest BCUT2D eigenvalue weighted by atomic mass is 16.3. The number of nitrogens with zero attached hydrogens (tertiary/aromatic N) is 3. The Morgan fingerprint density at radius 2 is 1.38 bits per heavy atom. The van der Waals surface area contributed by atoms with Crippen LogP contribution >= 0.6 is 0 Å². The number of hydrazine groups is 1. The van der Waals surface area contributed by atoms with E-state index < -0.39 is 17.4 Å². The fraction of sp³-hybridized carbons (Fsp3) is 0.242. The lowest BCUT2D eigenvalue weighted by Crippen LogP contribution is -2.54. The Labute approximate surface area is 235 Å². The van der Waals surface area contributed by atoms with Crippen molar-refractivity contribution in [1.82, 2.24) is 10.4 Å².